The zero-order valence-corrected chi connectivity index (χ0v) is 13.4. The van der Waals surface area contributed by atoms with E-state index in [1.54, 1.807) is 13.0 Å². The Hall–Kier alpha value is -1.83. The second-order valence-corrected chi connectivity index (χ2v) is 6.75. The lowest BCUT2D eigenvalue weighted by atomic mass is 10.2. The number of sulfonamides is 1. The van der Waals surface area contributed by atoms with Crippen LogP contribution in [0.25, 0.3) is 0 Å². The number of halogens is 1. The first-order valence-corrected chi connectivity index (χ1v) is 8.32. The van der Waals surface area contributed by atoms with Crippen LogP contribution in [-0.2, 0) is 10.0 Å². The quantitative estimate of drug-likeness (QED) is 0.785. The Labute approximate surface area is 133 Å². The normalized spacial score (nSPS) is 11.4. The largest absolute Gasteiger partial charge is 0.472 e. The van der Waals surface area contributed by atoms with Crippen LogP contribution < -0.4 is 10.0 Å². The summed E-state index contributed by atoms with van der Waals surface area (Å²) in [6, 6.07) is 6.07. The van der Waals surface area contributed by atoms with E-state index in [0.717, 1.165) is 0 Å². The maximum absolute atomic E-state index is 12.2. The molecule has 1 heterocycles. The van der Waals surface area contributed by atoms with Gasteiger partial charge >= 0.3 is 0 Å². The second-order valence-electron chi connectivity index (χ2n) is 4.58. The summed E-state index contributed by atoms with van der Waals surface area (Å²) >= 11 is 5.81. The van der Waals surface area contributed by atoms with Crippen molar-refractivity contribution in [2.24, 2.45) is 0 Å². The van der Waals surface area contributed by atoms with E-state index in [-0.39, 0.29) is 23.9 Å². The van der Waals surface area contributed by atoms with Crippen LogP contribution in [0.15, 0.2) is 46.1 Å². The monoisotopic (exact) mass is 342 g/mol. The molecule has 0 aliphatic rings. The van der Waals surface area contributed by atoms with E-state index in [4.69, 9.17) is 16.0 Å². The van der Waals surface area contributed by atoms with Crippen molar-refractivity contribution in [2.45, 2.75) is 11.8 Å². The van der Waals surface area contributed by atoms with Gasteiger partial charge in [-0.1, -0.05) is 11.6 Å². The van der Waals surface area contributed by atoms with Gasteiger partial charge < -0.3 is 9.73 Å². The second kappa shape index (κ2) is 6.95. The standard InChI is InChI=1S/C14H15ClN2O4S/c1-10-8-12(15)2-3-13(10)22(19,20)17-6-5-16-14(18)11-4-7-21-9-11/h2-4,7-9,17H,5-6H2,1H3,(H,16,18). The molecule has 1 aromatic heterocycles. The fourth-order valence-electron chi connectivity index (χ4n) is 1.85. The maximum atomic E-state index is 12.2. The Balaban J connectivity index is 1.89. The Morgan fingerprint density at radius 3 is 2.68 bits per heavy atom. The van der Waals surface area contributed by atoms with Gasteiger partial charge in [-0.2, -0.15) is 0 Å². The zero-order chi connectivity index (χ0) is 16.2. The summed E-state index contributed by atoms with van der Waals surface area (Å²) in [6.07, 6.45) is 2.71. The van der Waals surface area contributed by atoms with Crippen molar-refractivity contribution >= 4 is 27.5 Å². The maximum Gasteiger partial charge on any atom is 0.254 e. The topological polar surface area (TPSA) is 88.4 Å². The average molecular weight is 343 g/mol. The van der Waals surface area contributed by atoms with Crippen molar-refractivity contribution in [1.82, 2.24) is 10.0 Å². The first kappa shape index (κ1) is 16.5. The zero-order valence-electron chi connectivity index (χ0n) is 11.8. The highest BCUT2D eigenvalue weighted by molar-refractivity contribution is 7.89. The number of furan rings is 1. The molecule has 0 saturated carbocycles. The Bertz CT molecular complexity index is 757. The van der Waals surface area contributed by atoms with Crippen LogP contribution >= 0.6 is 11.6 Å². The Kier molecular flexibility index (Phi) is 5.23. The van der Waals surface area contributed by atoms with Gasteiger partial charge in [0.25, 0.3) is 5.91 Å². The lowest BCUT2D eigenvalue weighted by Gasteiger charge is -2.10. The summed E-state index contributed by atoms with van der Waals surface area (Å²) in [5.41, 5.74) is 0.943. The molecule has 0 saturated heterocycles. The summed E-state index contributed by atoms with van der Waals surface area (Å²) in [4.78, 5) is 11.8. The summed E-state index contributed by atoms with van der Waals surface area (Å²) in [5.74, 6) is -0.323. The summed E-state index contributed by atoms with van der Waals surface area (Å²) in [5, 5.41) is 3.06. The van der Waals surface area contributed by atoms with Gasteiger partial charge in [0, 0.05) is 18.1 Å². The van der Waals surface area contributed by atoms with Crippen LogP contribution in [0.4, 0.5) is 0 Å². The molecule has 0 aliphatic heterocycles. The molecule has 0 atom stereocenters. The smallest absolute Gasteiger partial charge is 0.254 e. The van der Waals surface area contributed by atoms with Gasteiger partial charge in [0.1, 0.15) is 6.26 Å². The highest BCUT2D eigenvalue weighted by Gasteiger charge is 2.16. The van der Waals surface area contributed by atoms with Gasteiger partial charge in [-0.05, 0) is 36.8 Å². The molecule has 8 heteroatoms. The predicted molar refractivity (Wildman–Crippen MR) is 82.4 cm³/mol. The molecule has 0 unspecified atom stereocenters. The molecule has 0 aliphatic carbocycles. The van der Waals surface area contributed by atoms with Gasteiger partial charge in [-0.3, -0.25) is 4.79 Å². The van der Waals surface area contributed by atoms with Gasteiger partial charge in [0.2, 0.25) is 10.0 Å². The summed E-state index contributed by atoms with van der Waals surface area (Å²) in [7, 11) is -3.64. The number of benzene rings is 1. The predicted octanol–water partition coefficient (Wildman–Crippen LogP) is 1.95. The molecule has 6 nitrogen and oxygen atoms in total. The number of amides is 1. The van der Waals surface area contributed by atoms with E-state index in [9.17, 15) is 13.2 Å². The molecule has 2 N–H and O–H groups in total. The molecule has 118 valence electrons. The van der Waals surface area contributed by atoms with Gasteiger partial charge in [0.05, 0.1) is 16.7 Å². The minimum Gasteiger partial charge on any atom is -0.472 e. The minimum absolute atomic E-state index is 0.0774. The van der Waals surface area contributed by atoms with Crippen LogP contribution in [-0.4, -0.2) is 27.4 Å². The third-order valence-electron chi connectivity index (χ3n) is 2.91. The summed E-state index contributed by atoms with van der Waals surface area (Å²) < 4.78 is 31.5. The van der Waals surface area contributed by atoms with Crippen molar-refractivity contribution < 1.29 is 17.6 Å². The Morgan fingerprint density at radius 2 is 2.05 bits per heavy atom. The van der Waals surface area contributed by atoms with E-state index in [2.05, 4.69) is 10.0 Å². The fourth-order valence-corrected chi connectivity index (χ4v) is 3.33. The van der Waals surface area contributed by atoms with Crippen molar-refractivity contribution in [1.29, 1.82) is 0 Å². The molecule has 2 rings (SSSR count). The molecule has 1 amide bonds. The van der Waals surface area contributed by atoms with Crippen LogP contribution in [0.1, 0.15) is 15.9 Å². The number of hydrogen-bond donors (Lipinski definition) is 2. The van der Waals surface area contributed by atoms with E-state index < -0.39 is 10.0 Å². The molecule has 0 bridgehead atoms. The molecule has 1 aromatic carbocycles. The highest BCUT2D eigenvalue weighted by Crippen LogP contribution is 2.19. The van der Waals surface area contributed by atoms with E-state index in [1.165, 1.54) is 30.7 Å². The fraction of sp³-hybridized carbons (Fsp3) is 0.214. The van der Waals surface area contributed by atoms with E-state index in [1.807, 2.05) is 0 Å². The lowest BCUT2D eigenvalue weighted by molar-refractivity contribution is 0.0953. The number of aryl methyl sites for hydroxylation is 1. The van der Waals surface area contributed by atoms with E-state index in [0.29, 0.717) is 16.1 Å². The number of rotatable bonds is 6. The highest BCUT2D eigenvalue weighted by atomic mass is 35.5. The Morgan fingerprint density at radius 1 is 1.27 bits per heavy atom. The van der Waals surface area contributed by atoms with Gasteiger partial charge in [-0.15, -0.1) is 0 Å². The minimum atomic E-state index is -3.64. The molecular formula is C14H15ClN2O4S. The van der Waals surface area contributed by atoms with Crippen molar-refractivity contribution in [3.05, 3.63) is 52.9 Å². The molecule has 0 spiro atoms. The van der Waals surface area contributed by atoms with Crippen molar-refractivity contribution in [2.75, 3.05) is 13.1 Å². The van der Waals surface area contributed by atoms with Gasteiger partial charge in [-0.25, -0.2) is 13.1 Å². The molecule has 2 aromatic rings. The number of carbonyl (C=O) groups is 1. The first-order valence-electron chi connectivity index (χ1n) is 6.46. The molecule has 0 fully saturated rings. The lowest BCUT2D eigenvalue weighted by Crippen LogP contribution is -2.34. The third kappa shape index (κ3) is 4.09. The summed E-state index contributed by atoms with van der Waals surface area (Å²) in [6.45, 7) is 1.91. The molecule has 22 heavy (non-hydrogen) atoms. The molecule has 0 radical (unpaired) electrons. The van der Waals surface area contributed by atoms with Crippen LogP contribution in [0.2, 0.25) is 5.02 Å². The average Bonchev–Trinajstić information content (AvgIpc) is 2.97. The van der Waals surface area contributed by atoms with Gasteiger partial charge in [0.15, 0.2) is 0 Å². The number of carbonyl (C=O) groups excluding carboxylic acids is 1. The van der Waals surface area contributed by atoms with Crippen LogP contribution in [0.3, 0.4) is 0 Å². The number of nitrogens with one attached hydrogen (secondary N) is 2. The van der Waals surface area contributed by atoms with Crippen molar-refractivity contribution in [3.8, 4) is 0 Å². The third-order valence-corrected chi connectivity index (χ3v) is 4.77. The van der Waals surface area contributed by atoms with Crippen molar-refractivity contribution in [3.63, 3.8) is 0 Å². The first-order chi connectivity index (χ1) is 10.4. The van der Waals surface area contributed by atoms with Crippen LogP contribution in [0, 0.1) is 6.92 Å². The van der Waals surface area contributed by atoms with E-state index >= 15 is 0 Å². The molecular weight excluding hydrogens is 328 g/mol. The van der Waals surface area contributed by atoms with Crippen LogP contribution in [0.5, 0.6) is 0 Å². The SMILES string of the molecule is Cc1cc(Cl)ccc1S(=O)(=O)NCCNC(=O)c1ccoc1. The number of hydrogen-bond acceptors (Lipinski definition) is 4.